The topological polar surface area (TPSA) is 59.4 Å². The number of hydrogen-bond acceptors (Lipinski definition) is 5. The van der Waals surface area contributed by atoms with Gasteiger partial charge in [0.1, 0.15) is 12.2 Å². The number of aromatic nitrogens is 3. The molecule has 180 valence electrons. The first-order valence-corrected chi connectivity index (χ1v) is 8.94. The molecule has 3 rings (SSSR count). The van der Waals surface area contributed by atoms with Crippen LogP contribution in [0.1, 0.15) is 17.1 Å². The van der Waals surface area contributed by atoms with Gasteiger partial charge in [0.2, 0.25) is 11.8 Å². The number of anilines is 1. The summed E-state index contributed by atoms with van der Waals surface area (Å²) in [6.07, 6.45) is -13.8. The lowest BCUT2D eigenvalue weighted by Crippen LogP contribution is -2.34. The van der Waals surface area contributed by atoms with Crippen molar-refractivity contribution in [2.75, 3.05) is 11.4 Å². The van der Waals surface area contributed by atoms with Crippen LogP contribution in [0.15, 0.2) is 40.9 Å². The Labute approximate surface area is 184 Å². The van der Waals surface area contributed by atoms with Gasteiger partial charge in [-0.25, -0.2) is 4.85 Å². The van der Waals surface area contributed by atoms with Crippen molar-refractivity contribution in [1.29, 1.82) is 0 Å². The van der Waals surface area contributed by atoms with Gasteiger partial charge in [0.25, 0.3) is 0 Å². The van der Waals surface area contributed by atoms with Crippen LogP contribution >= 0.6 is 0 Å². The van der Waals surface area contributed by atoms with Gasteiger partial charge in [-0.05, 0) is 24.3 Å². The largest absolute Gasteiger partial charge is 0.433 e. The maximum Gasteiger partial charge on any atom is 0.433 e. The second-order valence-electron chi connectivity index (χ2n) is 6.71. The lowest BCUT2D eigenvalue weighted by Gasteiger charge is -2.25. The number of alkyl halides is 9. The maximum atomic E-state index is 13.2. The van der Waals surface area contributed by atoms with Crippen LogP contribution in [0, 0.1) is 6.57 Å². The highest BCUT2D eigenvalue weighted by Crippen LogP contribution is 2.39. The molecule has 0 N–H and O–H groups in total. The Morgan fingerprint density at radius 1 is 0.912 bits per heavy atom. The van der Waals surface area contributed by atoms with Gasteiger partial charge in [-0.1, -0.05) is 6.07 Å². The van der Waals surface area contributed by atoms with E-state index in [1.54, 1.807) is 0 Å². The van der Waals surface area contributed by atoms with Gasteiger partial charge in [0.15, 0.2) is 5.69 Å². The van der Waals surface area contributed by atoms with Gasteiger partial charge in [0, 0.05) is 11.9 Å². The molecule has 15 heteroatoms. The monoisotopic (exact) mass is 495 g/mol. The molecule has 0 saturated carbocycles. The van der Waals surface area contributed by atoms with Crippen LogP contribution in [0.4, 0.5) is 50.9 Å². The summed E-state index contributed by atoms with van der Waals surface area (Å²) in [5.74, 6) is -0.815. The lowest BCUT2D eigenvalue weighted by atomic mass is 10.1. The average Bonchev–Trinajstić information content (AvgIpc) is 3.19. The van der Waals surface area contributed by atoms with Crippen molar-refractivity contribution < 1.29 is 43.9 Å². The minimum Gasteiger partial charge on any atom is -0.419 e. The summed E-state index contributed by atoms with van der Waals surface area (Å²) < 4.78 is 122. The van der Waals surface area contributed by atoms with E-state index in [4.69, 9.17) is 11.0 Å². The van der Waals surface area contributed by atoms with Crippen molar-refractivity contribution in [1.82, 2.24) is 15.2 Å². The van der Waals surface area contributed by atoms with Crippen molar-refractivity contribution in [2.45, 2.75) is 25.1 Å². The minimum atomic E-state index is -4.99. The second-order valence-corrected chi connectivity index (χ2v) is 6.71. The molecule has 0 fully saturated rings. The van der Waals surface area contributed by atoms with Gasteiger partial charge in [0.05, 0.1) is 24.2 Å². The summed E-state index contributed by atoms with van der Waals surface area (Å²) in [6.45, 7) is 4.35. The third-order valence-electron chi connectivity index (χ3n) is 4.24. The fraction of sp³-hybridized carbons (Fsp3) is 0.263. The third kappa shape index (κ3) is 5.94. The molecule has 0 aliphatic rings. The zero-order valence-corrected chi connectivity index (χ0v) is 16.4. The number of nitrogens with zero attached hydrogens (tertiary/aromatic N) is 5. The van der Waals surface area contributed by atoms with Crippen molar-refractivity contribution >= 4 is 11.4 Å². The molecule has 0 amide bonds. The summed E-state index contributed by atoms with van der Waals surface area (Å²) in [7, 11) is 0. The molecule has 34 heavy (non-hydrogen) atoms. The highest BCUT2D eigenvalue weighted by Gasteiger charge is 2.36. The molecule has 0 spiro atoms. The van der Waals surface area contributed by atoms with Crippen LogP contribution in [0.2, 0.25) is 0 Å². The average molecular weight is 495 g/mol. The van der Waals surface area contributed by atoms with Gasteiger partial charge in [-0.2, -0.15) is 39.5 Å². The first-order chi connectivity index (χ1) is 15.7. The fourth-order valence-corrected chi connectivity index (χ4v) is 2.79. The van der Waals surface area contributed by atoms with Crippen LogP contribution < -0.4 is 4.90 Å². The Bertz CT molecular complexity index is 1190. The summed E-state index contributed by atoms with van der Waals surface area (Å²) in [5.41, 5.74) is -3.99. The summed E-state index contributed by atoms with van der Waals surface area (Å²) in [5, 5.41) is 7.06. The van der Waals surface area contributed by atoms with Gasteiger partial charge in [-0.15, -0.1) is 10.2 Å². The van der Waals surface area contributed by atoms with E-state index in [9.17, 15) is 39.5 Å². The normalized spacial score (nSPS) is 12.5. The lowest BCUT2D eigenvalue weighted by molar-refractivity contribution is -0.141. The number of benzene rings is 1. The van der Waals surface area contributed by atoms with Crippen LogP contribution in [0.5, 0.6) is 0 Å². The number of rotatable bonds is 5. The van der Waals surface area contributed by atoms with E-state index in [1.807, 2.05) is 0 Å². The molecule has 2 aromatic heterocycles. The van der Waals surface area contributed by atoms with E-state index in [1.165, 1.54) is 0 Å². The molecule has 0 radical (unpaired) electrons. The summed E-state index contributed by atoms with van der Waals surface area (Å²) >= 11 is 0. The Hall–Kier alpha value is -3.83. The first-order valence-electron chi connectivity index (χ1n) is 8.94. The molecule has 0 bridgehead atoms. The molecule has 0 unspecified atom stereocenters. The van der Waals surface area contributed by atoms with Crippen molar-refractivity contribution in [3.63, 3.8) is 0 Å². The molecule has 0 atom stereocenters. The maximum absolute atomic E-state index is 13.2. The third-order valence-corrected chi connectivity index (χ3v) is 4.24. The molecule has 1 aromatic carbocycles. The Morgan fingerprint density at radius 3 is 2.15 bits per heavy atom. The van der Waals surface area contributed by atoms with E-state index in [-0.39, 0.29) is 11.5 Å². The van der Waals surface area contributed by atoms with E-state index < -0.39 is 60.1 Å². The van der Waals surface area contributed by atoms with Crippen molar-refractivity contribution in [2.24, 2.45) is 0 Å². The smallest absolute Gasteiger partial charge is 0.419 e. The van der Waals surface area contributed by atoms with Crippen molar-refractivity contribution in [3.05, 3.63) is 65.1 Å². The van der Waals surface area contributed by atoms with Gasteiger partial charge in [-0.3, -0.25) is 4.98 Å². The molecule has 3 aromatic rings. The highest BCUT2D eigenvalue weighted by molar-refractivity contribution is 5.62. The molecule has 0 aliphatic carbocycles. The second kappa shape index (κ2) is 8.84. The van der Waals surface area contributed by atoms with Gasteiger partial charge >= 0.3 is 18.5 Å². The molecule has 0 saturated heterocycles. The molecule has 0 aliphatic heterocycles. The van der Waals surface area contributed by atoms with E-state index in [0.717, 1.165) is 24.4 Å². The van der Waals surface area contributed by atoms with Crippen LogP contribution in [0.3, 0.4) is 0 Å². The Kier molecular flexibility index (Phi) is 6.45. The fourth-order valence-electron chi connectivity index (χ4n) is 2.79. The predicted octanol–water partition coefficient (Wildman–Crippen LogP) is 6.29. The highest BCUT2D eigenvalue weighted by atomic mass is 19.4. The Morgan fingerprint density at radius 2 is 1.62 bits per heavy atom. The van der Waals surface area contributed by atoms with E-state index in [2.05, 4.69) is 20.0 Å². The predicted molar refractivity (Wildman–Crippen MR) is 97.3 cm³/mol. The first kappa shape index (κ1) is 24.8. The van der Waals surface area contributed by atoms with E-state index >= 15 is 0 Å². The van der Waals surface area contributed by atoms with Crippen molar-refractivity contribution in [3.8, 4) is 11.5 Å². The summed E-state index contributed by atoms with van der Waals surface area (Å²) in [4.78, 5) is 6.40. The van der Waals surface area contributed by atoms with Gasteiger partial charge < -0.3 is 9.32 Å². The molecular weight excluding hydrogens is 485 g/mol. The zero-order chi connectivity index (χ0) is 25.3. The zero-order valence-electron chi connectivity index (χ0n) is 16.4. The SMILES string of the molecule is [C-]#[N+]c1ccc(N(Cc2nnc(-c3ccc(C(F)(F)F)nc3)o2)CC(F)(F)F)cc1C(F)(F)F. The standard InChI is InChI=1S/C19H10F9N5O/c1-29-13-4-3-11(6-12(13)18(23,24)25)33(9-17(20,21)22)8-15-31-32-16(34-15)10-2-5-14(30-7-10)19(26,27)28/h2-7H,8-9H2. The minimum absolute atomic E-state index is 0.0603. The Balaban J connectivity index is 1.92. The number of hydrogen-bond donors (Lipinski definition) is 0. The number of halogens is 9. The van der Waals surface area contributed by atoms with Crippen LogP contribution in [0.25, 0.3) is 16.3 Å². The number of pyridine rings is 1. The van der Waals surface area contributed by atoms with Crippen LogP contribution in [-0.2, 0) is 18.9 Å². The van der Waals surface area contributed by atoms with Crippen LogP contribution in [-0.4, -0.2) is 27.9 Å². The quantitative estimate of drug-likeness (QED) is 0.308. The summed E-state index contributed by atoms with van der Waals surface area (Å²) in [6, 6.07) is 3.63. The molecule has 6 nitrogen and oxygen atoms in total. The molecular formula is C19H10F9N5O. The molecule has 2 heterocycles. The van der Waals surface area contributed by atoms with E-state index in [0.29, 0.717) is 17.0 Å².